The van der Waals surface area contributed by atoms with Crippen molar-refractivity contribution in [3.8, 4) is 44.5 Å². The van der Waals surface area contributed by atoms with Gasteiger partial charge in [0.25, 0.3) is 0 Å². The molecule has 0 atom stereocenters. The zero-order chi connectivity index (χ0) is 42.1. The third kappa shape index (κ3) is 5.92. The minimum Gasteiger partial charge on any atom is -0.456 e. The Morgan fingerprint density at radius 2 is 0.609 bits per heavy atom. The summed E-state index contributed by atoms with van der Waals surface area (Å²) in [6, 6.07) is 79.3. The van der Waals surface area contributed by atoms with E-state index >= 15 is 0 Å². The van der Waals surface area contributed by atoms with Crippen LogP contribution in [0.2, 0.25) is 0 Å². The summed E-state index contributed by atoms with van der Waals surface area (Å²) >= 11 is 0. The molecule has 0 fully saturated rings. The summed E-state index contributed by atoms with van der Waals surface area (Å²) in [5.74, 6) is 0. The maximum atomic E-state index is 6.25. The molecule has 3 heterocycles. The van der Waals surface area contributed by atoms with E-state index < -0.39 is 0 Å². The maximum Gasteiger partial charge on any atom is 0.136 e. The average Bonchev–Trinajstić information content (AvgIpc) is 4.06. The van der Waals surface area contributed by atoms with Gasteiger partial charge in [0.05, 0.1) is 0 Å². The number of rotatable bonds is 7. The number of hydrogen-bond donors (Lipinski definition) is 0. The van der Waals surface area contributed by atoms with E-state index in [0.717, 1.165) is 127 Å². The summed E-state index contributed by atoms with van der Waals surface area (Å²) in [7, 11) is 0. The Hall–Kier alpha value is -8.60. The van der Waals surface area contributed by atoms with E-state index in [-0.39, 0.29) is 0 Å². The number of furan rings is 3. The highest BCUT2D eigenvalue weighted by molar-refractivity contribution is 6.13. The molecule has 0 N–H and O–H groups in total. The van der Waals surface area contributed by atoms with Crippen LogP contribution in [0.5, 0.6) is 0 Å². The van der Waals surface area contributed by atoms with Gasteiger partial charge in [0, 0.05) is 49.4 Å². The van der Waals surface area contributed by atoms with E-state index in [1.54, 1.807) is 0 Å². The minimum absolute atomic E-state index is 0.890. The van der Waals surface area contributed by atoms with Gasteiger partial charge < -0.3 is 18.2 Å². The molecule has 4 nitrogen and oxygen atoms in total. The predicted octanol–water partition coefficient (Wildman–Crippen LogP) is 17.5. The van der Waals surface area contributed by atoms with Gasteiger partial charge in [-0.1, -0.05) is 140 Å². The zero-order valence-corrected chi connectivity index (χ0v) is 34.5. The van der Waals surface area contributed by atoms with Crippen molar-refractivity contribution in [1.82, 2.24) is 0 Å². The summed E-state index contributed by atoms with van der Waals surface area (Å²) < 4.78 is 18.7. The van der Waals surface area contributed by atoms with Crippen LogP contribution < -0.4 is 4.90 Å². The van der Waals surface area contributed by atoms with Gasteiger partial charge in [-0.2, -0.15) is 0 Å². The first-order valence-electron chi connectivity index (χ1n) is 21.6. The molecule has 13 rings (SSSR count). The van der Waals surface area contributed by atoms with Crippen molar-refractivity contribution in [1.29, 1.82) is 0 Å². The first-order valence-corrected chi connectivity index (χ1v) is 21.6. The van der Waals surface area contributed by atoms with Crippen molar-refractivity contribution >= 4 is 82.9 Å². The van der Waals surface area contributed by atoms with Crippen molar-refractivity contribution in [2.24, 2.45) is 0 Å². The quantitative estimate of drug-likeness (QED) is 0.161. The molecular formula is C60H37NO3. The van der Waals surface area contributed by atoms with Crippen LogP contribution in [0.4, 0.5) is 17.1 Å². The topological polar surface area (TPSA) is 42.7 Å². The molecule has 0 saturated heterocycles. The molecular weight excluding hydrogens is 783 g/mol. The van der Waals surface area contributed by atoms with Crippen LogP contribution in [0.1, 0.15) is 0 Å². The summed E-state index contributed by atoms with van der Waals surface area (Å²) in [5, 5.41) is 6.78. The van der Waals surface area contributed by atoms with Crippen molar-refractivity contribution in [3.63, 3.8) is 0 Å². The zero-order valence-electron chi connectivity index (χ0n) is 34.5. The number of para-hydroxylation sites is 3. The Kier molecular flexibility index (Phi) is 8.18. The normalized spacial score (nSPS) is 11.8. The van der Waals surface area contributed by atoms with Gasteiger partial charge >= 0.3 is 0 Å². The molecule has 0 aliphatic carbocycles. The third-order valence-electron chi connectivity index (χ3n) is 12.7. The maximum absolute atomic E-state index is 6.25. The molecule has 0 unspecified atom stereocenters. The van der Waals surface area contributed by atoms with Gasteiger partial charge in [-0.3, -0.25) is 0 Å². The van der Waals surface area contributed by atoms with Crippen LogP contribution in [0.25, 0.3) is 110 Å². The van der Waals surface area contributed by atoms with Crippen LogP contribution >= 0.6 is 0 Å². The van der Waals surface area contributed by atoms with E-state index in [9.17, 15) is 0 Å². The lowest BCUT2D eigenvalue weighted by Crippen LogP contribution is -2.09. The summed E-state index contributed by atoms with van der Waals surface area (Å²) in [5.41, 5.74) is 17.7. The molecule has 13 aromatic rings. The fourth-order valence-electron chi connectivity index (χ4n) is 9.64. The SMILES string of the molecule is c1cc(-c2ccc(N(c3ccc(-c4cccc5oc6ccccc6c45)cc3)c3ccc(-c4cccc5oc6ccccc6c45)cc3)cc2)cc(-c2ccc3c(c2)oc2ccccc23)c1. The Balaban J connectivity index is 0.880. The molecule has 4 heteroatoms. The van der Waals surface area contributed by atoms with Gasteiger partial charge in [0.2, 0.25) is 0 Å². The highest BCUT2D eigenvalue weighted by Gasteiger charge is 2.18. The lowest BCUT2D eigenvalue weighted by molar-refractivity contribution is 0.668. The molecule has 0 amide bonds. The fraction of sp³-hybridized carbons (Fsp3) is 0. The first kappa shape index (κ1) is 36.1. The Morgan fingerprint density at radius 1 is 0.234 bits per heavy atom. The van der Waals surface area contributed by atoms with E-state index in [2.05, 4.69) is 193 Å². The van der Waals surface area contributed by atoms with Crippen molar-refractivity contribution in [2.75, 3.05) is 4.90 Å². The van der Waals surface area contributed by atoms with E-state index in [1.165, 1.54) is 0 Å². The molecule has 300 valence electrons. The summed E-state index contributed by atoms with van der Waals surface area (Å²) in [4.78, 5) is 2.33. The van der Waals surface area contributed by atoms with Crippen LogP contribution in [-0.4, -0.2) is 0 Å². The molecule has 0 spiro atoms. The standard InChI is InChI=1S/C60H37NO3/c1-4-17-53-49(12-1)50-35-28-43(37-58(50)64-53)42-11-7-10-41(36-42)38-22-29-44(30-23-38)61(45-31-24-39(25-32-45)47-15-8-20-56-59(47)51-13-2-5-18-54(51)62-56)46-33-26-40(27-34-46)48-16-9-21-57-60(48)52-14-3-6-19-55(52)63-57/h1-37H. The van der Waals surface area contributed by atoms with Crippen LogP contribution in [-0.2, 0) is 0 Å². The lowest BCUT2D eigenvalue weighted by atomic mass is 9.97. The number of anilines is 3. The molecule has 0 aliphatic heterocycles. The minimum atomic E-state index is 0.890. The molecule has 3 aromatic heterocycles. The Bertz CT molecular complexity index is 3730. The summed E-state index contributed by atoms with van der Waals surface area (Å²) in [6.45, 7) is 0. The van der Waals surface area contributed by atoms with Gasteiger partial charge in [0.1, 0.15) is 33.5 Å². The van der Waals surface area contributed by atoms with Gasteiger partial charge in [-0.15, -0.1) is 0 Å². The van der Waals surface area contributed by atoms with Gasteiger partial charge in [-0.25, -0.2) is 0 Å². The Morgan fingerprint density at radius 3 is 1.16 bits per heavy atom. The smallest absolute Gasteiger partial charge is 0.136 e. The highest BCUT2D eigenvalue weighted by atomic mass is 16.3. The average molecular weight is 820 g/mol. The second-order valence-electron chi connectivity index (χ2n) is 16.4. The second-order valence-corrected chi connectivity index (χ2v) is 16.4. The third-order valence-corrected chi connectivity index (χ3v) is 12.7. The molecule has 0 radical (unpaired) electrons. The van der Waals surface area contributed by atoms with E-state index in [1.807, 2.05) is 36.4 Å². The van der Waals surface area contributed by atoms with Crippen LogP contribution in [0, 0.1) is 0 Å². The molecule has 10 aromatic carbocycles. The monoisotopic (exact) mass is 819 g/mol. The largest absolute Gasteiger partial charge is 0.456 e. The lowest BCUT2D eigenvalue weighted by Gasteiger charge is -2.26. The van der Waals surface area contributed by atoms with Gasteiger partial charge in [-0.05, 0) is 129 Å². The van der Waals surface area contributed by atoms with Crippen LogP contribution in [0.3, 0.4) is 0 Å². The second kappa shape index (κ2) is 14.5. The van der Waals surface area contributed by atoms with E-state index in [0.29, 0.717) is 0 Å². The fourth-order valence-corrected chi connectivity index (χ4v) is 9.64. The van der Waals surface area contributed by atoms with Crippen molar-refractivity contribution in [3.05, 3.63) is 224 Å². The number of hydrogen-bond acceptors (Lipinski definition) is 4. The molecule has 0 aliphatic rings. The number of benzene rings is 10. The van der Waals surface area contributed by atoms with Crippen LogP contribution in [0.15, 0.2) is 238 Å². The molecule has 0 saturated carbocycles. The van der Waals surface area contributed by atoms with Crippen molar-refractivity contribution < 1.29 is 13.3 Å². The molecule has 64 heavy (non-hydrogen) atoms. The van der Waals surface area contributed by atoms with Crippen molar-refractivity contribution in [2.45, 2.75) is 0 Å². The number of nitrogens with zero attached hydrogens (tertiary/aromatic N) is 1. The number of fused-ring (bicyclic) bond motifs is 9. The van der Waals surface area contributed by atoms with Gasteiger partial charge in [0.15, 0.2) is 0 Å². The van der Waals surface area contributed by atoms with E-state index in [4.69, 9.17) is 13.3 Å². The first-order chi connectivity index (χ1) is 31.7. The Labute approximate surface area is 368 Å². The highest BCUT2D eigenvalue weighted by Crippen LogP contribution is 2.42. The predicted molar refractivity (Wildman–Crippen MR) is 265 cm³/mol. The summed E-state index contributed by atoms with van der Waals surface area (Å²) in [6.07, 6.45) is 0. The molecule has 0 bridgehead atoms.